The highest BCUT2D eigenvalue weighted by Gasteiger charge is 2.38. The third kappa shape index (κ3) is 6.57. The SMILES string of the molecule is CCCCOP(=O)(O)OC[C@H]1C[C@@H](OC)[C@H](n2ccc(=O)[nH]c2=O)O1.[Mg]. The van der Waals surface area contributed by atoms with Crippen molar-refractivity contribution in [3.63, 3.8) is 0 Å². The van der Waals surface area contributed by atoms with Crippen LogP contribution in [-0.2, 0) is 23.1 Å². The molecule has 26 heavy (non-hydrogen) atoms. The molecule has 1 saturated heterocycles. The fourth-order valence-electron chi connectivity index (χ4n) is 2.45. The van der Waals surface area contributed by atoms with Crippen molar-refractivity contribution in [1.82, 2.24) is 9.55 Å². The minimum absolute atomic E-state index is 0. The van der Waals surface area contributed by atoms with Crippen LogP contribution in [0.25, 0.3) is 0 Å². The number of H-pyrrole nitrogens is 1. The van der Waals surface area contributed by atoms with Gasteiger partial charge in [0.05, 0.1) is 19.3 Å². The fraction of sp³-hybridized carbons (Fsp3) is 0.714. The molecular weight excluding hydrogens is 379 g/mol. The van der Waals surface area contributed by atoms with E-state index in [9.17, 15) is 19.0 Å². The Morgan fingerprint density at radius 2 is 2.15 bits per heavy atom. The third-order valence-corrected chi connectivity index (χ3v) is 4.73. The first-order chi connectivity index (χ1) is 11.9. The number of hydrogen-bond acceptors (Lipinski definition) is 7. The van der Waals surface area contributed by atoms with Gasteiger partial charge >= 0.3 is 13.5 Å². The molecule has 1 unspecified atom stereocenters. The lowest BCUT2D eigenvalue weighted by Crippen LogP contribution is -2.35. The molecule has 0 amide bonds. The summed E-state index contributed by atoms with van der Waals surface area (Å²) < 4.78 is 33.8. The summed E-state index contributed by atoms with van der Waals surface area (Å²) in [5, 5.41) is 0. The van der Waals surface area contributed by atoms with Crippen LogP contribution in [0.4, 0.5) is 0 Å². The smallest absolute Gasteiger partial charge is 0.377 e. The van der Waals surface area contributed by atoms with Crippen LogP contribution >= 0.6 is 7.82 Å². The van der Waals surface area contributed by atoms with E-state index in [2.05, 4.69) is 4.98 Å². The van der Waals surface area contributed by atoms with Gasteiger partial charge in [0.25, 0.3) is 5.56 Å². The average Bonchev–Trinajstić information content (AvgIpc) is 2.96. The first-order valence-electron chi connectivity index (χ1n) is 7.98. The summed E-state index contributed by atoms with van der Waals surface area (Å²) in [6.07, 6.45) is 1.32. The Balaban J connectivity index is 0.00000338. The van der Waals surface area contributed by atoms with Crippen LogP contribution in [0.1, 0.15) is 32.4 Å². The number of phosphoric ester groups is 1. The van der Waals surface area contributed by atoms with Gasteiger partial charge in [-0.25, -0.2) is 9.36 Å². The molecule has 0 aliphatic carbocycles. The number of methoxy groups -OCH3 is 1. The molecule has 144 valence electrons. The predicted octanol–water partition coefficient (Wildman–Crippen LogP) is 0.392. The second-order valence-electron chi connectivity index (χ2n) is 5.63. The van der Waals surface area contributed by atoms with Gasteiger partial charge in [-0.15, -0.1) is 0 Å². The summed E-state index contributed by atoms with van der Waals surface area (Å²) in [5.74, 6) is 0. The van der Waals surface area contributed by atoms with Crippen molar-refractivity contribution in [1.29, 1.82) is 0 Å². The van der Waals surface area contributed by atoms with Crippen molar-refractivity contribution in [3.8, 4) is 0 Å². The fourth-order valence-corrected chi connectivity index (χ4v) is 3.24. The molecule has 2 heterocycles. The molecule has 2 radical (unpaired) electrons. The summed E-state index contributed by atoms with van der Waals surface area (Å²) >= 11 is 0. The van der Waals surface area contributed by atoms with E-state index in [4.69, 9.17) is 18.5 Å². The van der Waals surface area contributed by atoms with Crippen LogP contribution in [0.5, 0.6) is 0 Å². The van der Waals surface area contributed by atoms with E-state index in [1.807, 2.05) is 6.92 Å². The van der Waals surface area contributed by atoms with Crippen LogP contribution in [0, 0.1) is 0 Å². The second kappa shape index (κ2) is 10.7. The molecule has 12 heteroatoms. The van der Waals surface area contributed by atoms with E-state index >= 15 is 0 Å². The van der Waals surface area contributed by atoms with Crippen LogP contribution in [0.2, 0.25) is 0 Å². The molecular formula is C14H23MgN2O8P. The van der Waals surface area contributed by atoms with Crippen LogP contribution in [0.3, 0.4) is 0 Å². The van der Waals surface area contributed by atoms with Gasteiger partial charge in [-0.1, -0.05) is 13.3 Å². The first kappa shape index (κ1) is 23.5. The van der Waals surface area contributed by atoms with Gasteiger partial charge in [0.1, 0.15) is 6.10 Å². The monoisotopic (exact) mass is 402 g/mol. The zero-order valence-electron chi connectivity index (χ0n) is 14.8. The van der Waals surface area contributed by atoms with Gasteiger partial charge in [0, 0.05) is 48.8 Å². The van der Waals surface area contributed by atoms with Crippen LogP contribution in [0.15, 0.2) is 21.9 Å². The van der Waals surface area contributed by atoms with Gasteiger partial charge in [0.15, 0.2) is 6.23 Å². The average molecular weight is 403 g/mol. The number of phosphoric acid groups is 1. The molecule has 0 saturated carbocycles. The summed E-state index contributed by atoms with van der Waals surface area (Å²) in [6.45, 7) is 1.88. The van der Waals surface area contributed by atoms with Gasteiger partial charge < -0.3 is 14.4 Å². The number of rotatable bonds is 9. The summed E-state index contributed by atoms with van der Waals surface area (Å²) in [6, 6.07) is 1.20. The molecule has 0 aromatic carbocycles. The van der Waals surface area contributed by atoms with Gasteiger partial charge in [-0.05, 0) is 6.42 Å². The number of unbranched alkanes of at least 4 members (excludes halogenated alkanes) is 1. The maximum absolute atomic E-state index is 11.9. The Morgan fingerprint density at radius 3 is 2.77 bits per heavy atom. The molecule has 10 nitrogen and oxygen atoms in total. The van der Waals surface area contributed by atoms with Crippen molar-refractivity contribution in [3.05, 3.63) is 33.1 Å². The van der Waals surface area contributed by atoms with E-state index < -0.39 is 37.5 Å². The second-order valence-corrected chi connectivity index (χ2v) is 7.08. The van der Waals surface area contributed by atoms with Crippen molar-refractivity contribution >= 4 is 30.9 Å². The van der Waals surface area contributed by atoms with Gasteiger partial charge in [-0.3, -0.25) is 23.4 Å². The normalized spacial score (nSPS) is 24.8. The van der Waals surface area contributed by atoms with E-state index in [-0.39, 0.29) is 36.3 Å². The Bertz CT molecular complexity index is 723. The topological polar surface area (TPSA) is 129 Å². The van der Waals surface area contributed by atoms with Crippen molar-refractivity contribution < 1.29 is 28.0 Å². The quantitative estimate of drug-likeness (QED) is 0.345. The Morgan fingerprint density at radius 1 is 1.42 bits per heavy atom. The zero-order valence-corrected chi connectivity index (χ0v) is 17.1. The highest BCUT2D eigenvalue weighted by Crippen LogP contribution is 2.44. The predicted molar refractivity (Wildman–Crippen MR) is 93.0 cm³/mol. The number of aromatic nitrogens is 2. The number of ether oxygens (including phenoxy) is 2. The summed E-state index contributed by atoms with van der Waals surface area (Å²) in [4.78, 5) is 34.8. The number of nitrogens with zero attached hydrogens (tertiary/aromatic N) is 1. The highest BCUT2D eigenvalue weighted by atomic mass is 31.2. The first-order valence-corrected chi connectivity index (χ1v) is 9.47. The van der Waals surface area contributed by atoms with Gasteiger partial charge in [-0.2, -0.15) is 0 Å². The standard InChI is InChI=1S/C14H23N2O8P.Mg/c1-3-4-7-22-25(19,20)23-9-10-8-11(21-2)13(24-10)16-6-5-12(17)15-14(16)18;/h5-6,10-11,13H,3-4,7-9H2,1-2H3,(H,19,20)(H,15,17,18);/t10-,11-,13-;/m1./s1. The van der Waals surface area contributed by atoms with Crippen molar-refractivity contribution in [2.45, 2.75) is 44.6 Å². The molecule has 0 spiro atoms. The molecule has 2 rings (SSSR count). The molecule has 1 aliphatic rings. The van der Waals surface area contributed by atoms with Crippen molar-refractivity contribution in [2.24, 2.45) is 0 Å². The van der Waals surface area contributed by atoms with E-state index in [1.54, 1.807) is 0 Å². The number of hydrogen-bond donors (Lipinski definition) is 2. The lowest BCUT2D eigenvalue weighted by molar-refractivity contribution is -0.0626. The maximum Gasteiger partial charge on any atom is 0.472 e. The van der Waals surface area contributed by atoms with E-state index in [1.165, 1.54) is 23.9 Å². The lowest BCUT2D eigenvalue weighted by Gasteiger charge is -2.19. The lowest BCUT2D eigenvalue weighted by atomic mass is 10.2. The summed E-state index contributed by atoms with van der Waals surface area (Å²) in [7, 11) is -2.68. The molecule has 4 atom stereocenters. The highest BCUT2D eigenvalue weighted by molar-refractivity contribution is 7.47. The van der Waals surface area contributed by atoms with Crippen molar-refractivity contribution in [2.75, 3.05) is 20.3 Å². The van der Waals surface area contributed by atoms with Crippen LogP contribution in [-0.4, -0.2) is 70.0 Å². The molecule has 1 aromatic heterocycles. The Labute approximate surface area is 166 Å². The zero-order chi connectivity index (χ0) is 18.4. The number of nitrogens with one attached hydrogen (secondary N) is 1. The molecule has 0 bridgehead atoms. The minimum Gasteiger partial charge on any atom is -0.377 e. The molecule has 2 N–H and O–H groups in total. The van der Waals surface area contributed by atoms with E-state index in [0.717, 1.165) is 6.42 Å². The molecule has 1 aromatic rings. The molecule has 1 aliphatic heterocycles. The maximum atomic E-state index is 11.9. The van der Waals surface area contributed by atoms with E-state index in [0.29, 0.717) is 12.8 Å². The largest absolute Gasteiger partial charge is 0.472 e. The Kier molecular flexibility index (Phi) is 9.69. The Hall–Kier alpha value is -0.524. The summed E-state index contributed by atoms with van der Waals surface area (Å²) in [5.41, 5.74) is -1.14. The molecule has 1 fully saturated rings. The third-order valence-electron chi connectivity index (χ3n) is 3.75. The van der Waals surface area contributed by atoms with Crippen LogP contribution < -0.4 is 11.2 Å². The minimum atomic E-state index is -4.15. The van der Waals surface area contributed by atoms with Gasteiger partial charge in [0.2, 0.25) is 0 Å². The number of aromatic amines is 1.